The maximum atomic E-state index is 11.9. The first-order valence-corrected chi connectivity index (χ1v) is 6.98. The molecular formula is C13H12BrClO2. The van der Waals surface area contributed by atoms with Gasteiger partial charge in [0.25, 0.3) is 0 Å². The fourth-order valence-corrected chi connectivity index (χ4v) is 4.03. The lowest BCUT2D eigenvalue weighted by molar-refractivity contribution is -0.152. The first kappa shape index (κ1) is 11.5. The Labute approximate surface area is 113 Å². The third kappa shape index (κ3) is 1.89. The fourth-order valence-electron chi connectivity index (χ4n) is 2.90. The number of rotatable bonds is 2. The van der Waals surface area contributed by atoms with Crippen LogP contribution in [0.3, 0.4) is 0 Å². The average molecular weight is 316 g/mol. The summed E-state index contributed by atoms with van der Waals surface area (Å²) >= 11 is 9.55. The van der Waals surface area contributed by atoms with Gasteiger partial charge >= 0.3 is 5.97 Å². The lowest BCUT2D eigenvalue weighted by atomic mass is 9.81. The molecule has 2 aliphatic rings. The average Bonchev–Trinajstić information content (AvgIpc) is 2.71. The molecule has 1 saturated carbocycles. The Kier molecular flexibility index (Phi) is 2.71. The highest BCUT2D eigenvalue weighted by atomic mass is 79.9. The number of carbonyl (C=O) groups is 1. The zero-order valence-corrected chi connectivity index (χ0v) is 11.5. The number of hydrogen-bond acceptors (Lipinski definition) is 2. The molecule has 2 bridgehead atoms. The smallest absolute Gasteiger partial charge is 0.312 e. The quantitative estimate of drug-likeness (QED) is 0.618. The summed E-state index contributed by atoms with van der Waals surface area (Å²) < 4.78 is 5.36. The molecular weight excluding hydrogens is 303 g/mol. The van der Waals surface area contributed by atoms with E-state index in [0.717, 1.165) is 29.8 Å². The second-order valence-corrected chi connectivity index (χ2v) is 6.57. The van der Waals surface area contributed by atoms with Crippen molar-refractivity contribution in [3.8, 4) is 0 Å². The van der Waals surface area contributed by atoms with E-state index in [-0.39, 0.29) is 17.5 Å². The Hall–Kier alpha value is -0.540. The lowest BCUT2D eigenvalue weighted by Crippen LogP contribution is -2.33. The normalized spacial score (nSPS) is 35.1. The van der Waals surface area contributed by atoms with Gasteiger partial charge in [-0.05, 0) is 30.5 Å². The molecule has 0 aromatic heterocycles. The van der Waals surface area contributed by atoms with E-state index in [1.165, 1.54) is 0 Å². The molecule has 3 rings (SSSR count). The van der Waals surface area contributed by atoms with E-state index in [4.69, 9.17) is 16.3 Å². The molecule has 0 spiro atoms. The standard InChI is InChI=1S/C13H12BrClO2/c14-10-6-13(7-11(10)17-12(13)16)5-8-2-1-3-9(15)4-8/h1-4,10-11H,5-7H2/t10-,11-,13-/m0/s1. The number of esters is 1. The predicted molar refractivity (Wildman–Crippen MR) is 69.4 cm³/mol. The second kappa shape index (κ2) is 3.99. The van der Waals surface area contributed by atoms with Crippen LogP contribution in [0.2, 0.25) is 5.02 Å². The Bertz CT molecular complexity index is 472. The van der Waals surface area contributed by atoms with Gasteiger partial charge in [-0.1, -0.05) is 39.7 Å². The second-order valence-electron chi connectivity index (χ2n) is 4.96. The van der Waals surface area contributed by atoms with Gasteiger partial charge in [-0.2, -0.15) is 0 Å². The first-order valence-electron chi connectivity index (χ1n) is 5.69. The summed E-state index contributed by atoms with van der Waals surface area (Å²) in [5, 5.41) is 0.718. The van der Waals surface area contributed by atoms with Crippen molar-refractivity contribution in [2.75, 3.05) is 0 Å². The van der Waals surface area contributed by atoms with Gasteiger partial charge in [0.2, 0.25) is 0 Å². The van der Waals surface area contributed by atoms with Crippen LogP contribution in [0.25, 0.3) is 0 Å². The molecule has 4 heteroatoms. The maximum Gasteiger partial charge on any atom is 0.312 e. The van der Waals surface area contributed by atoms with E-state index in [0.29, 0.717) is 4.83 Å². The van der Waals surface area contributed by atoms with Gasteiger partial charge in [0.15, 0.2) is 0 Å². The van der Waals surface area contributed by atoms with Gasteiger partial charge < -0.3 is 4.74 Å². The molecule has 2 fully saturated rings. The Morgan fingerprint density at radius 2 is 2.29 bits per heavy atom. The highest BCUT2D eigenvalue weighted by Crippen LogP contribution is 2.51. The van der Waals surface area contributed by atoms with E-state index in [9.17, 15) is 4.79 Å². The minimum atomic E-state index is -0.330. The Morgan fingerprint density at radius 1 is 1.47 bits per heavy atom. The number of carbonyl (C=O) groups excluding carboxylic acids is 1. The molecule has 0 radical (unpaired) electrons. The van der Waals surface area contributed by atoms with Gasteiger partial charge in [0.05, 0.1) is 10.2 Å². The zero-order valence-electron chi connectivity index (χ0n) is 9.16. The topological polar surface area (TPSA) is 26.3 Å². The van der Waals surface area contributed by atoms with Crippen molar-refractivity contribution >= 4 is 33.5 Å². The summed E-state index contributed by atoms with van der Waals surface area (Å²) in [5.41, 5.74) is 0.778. The van der Waals surface area contributed by atoms with Crippen molar-refractivity contribution in [1.82, 2.24) is 0 Å². The summed E-state index contributed by atoms with van der Waals surface area (Å²) in [4.78, 5) is 12.2. The van der Waals surface area contributed by atoms with Crippen LogP contribution in [-0.2, 0) is 16.0 Å². The van der Waals surface area contributed by atoms with Crippen LogP contribution in [-0.4, -0.2) is 16.9 Å². The van der Waals surface area contributed by atoms with Crippen molar-refractivity contribution in [3.63, 3.8) is 0 Å². The summed E-state index contributed by atoms with van der Waals surface area (Å²) in [6.45, 7) is 0. The number of alkyl halides is 1. The van der Waals surface area contributed by atoms with E-state index < -0.39 is 0 Å². The number of ether oxygens (including phenoxy) is 1. The Balaban J connectivity index is 1.87. The van der Waals surface area contributed by atoms with Crippen molar-refractivity contribution in [2.24, 2.45) is 5.41 Å². The summed E-state index contributed by atoms with van der Waals surface area (Å²) in [6.07, 6.45) is 2.48. The molecule has 0 N–H and O–H groups in total. The third-order valence-corrected chi connectivity index (χ3v) is 4.85. The van der Waals surface area contributed by atoms with E-state index in [1.807, 2.05) is 24.3 Å². The highest BCUT2D eigenvalue weighted by Gasteiger charge is 2.58. The van der Waals surface area contributed by atoms with Gasteiger partial charge in [0, 0.05) is 11.4 Å². The van der Waals surface area contributed by atoms with Crippen LogP contribution in [0.5, 0.6) is 0 Å². The molecule has 1 aromatic carbocycles. The molecule has 17 heavy (non-hydrogen) atoms. The van der Waals surface area contributed by atoms with Crippen LogP contribution in [0.4, 0.5) is 0 Å². The maximum absolute atomic E-state index is 11.9. The molecule has 1 aromatic rings. The van der Waals surface area contributed by atoms with Crippen LogP contribution in [0.1, 0.15) is 18.4 Å². The van der Waals surface area contributed by atoms with Crippen LogP contribution in [0.15, 0.2) is 24.3 Å². The van der Waals surface area contributed by atoms with Crippen molar-refractivity contribution in [3.05, 3.63) is 34.9 Å². The van der Waals surface area contributed by atoms with Crippen LogP contribution < -0.4 is 0 Å². The summed E-state index contributed by atoms with van der Waals surface area (Å²) in [7, 11) is 0. The van der Waals surface area contributed by atoms with E-state index >= 15 is 0 Å². The molecule has 2 nitrogen and oxygen atoms in total. The van der Waals surface area contributed by atoms with E-state index in [1.54, 1.807) is 0 Å². The molecule has 3 atom stereocenters. The number of halogens is 2. The molecule has 90 valence electrons. The zero-order chi connectivity index (χ0) is 12.0. The fraction of sp³-hybridized carbons (Fsp3) is 0.462. The van der Waals surface area contributed by atoms with Gasteiger partial charge in [-0.3, -0.25) is 4.79 Å². The van der Waals surface area contributed by atoms with Crippen molar-refractivity contribution in [1.29, 1.82) is 0 Å². The minimum absolute atomic E-state index is 0.0434. The molecule has 0 amide bonds. The van der Waals surface area contributed by atoms with E-state index in [2.05, 4.69) is 15.9 Å². The first-order chi connectivity index (χ1) is 8.09. The number of fused-ring (bicyclic) bond motifs is 2. The minimum Gasteiger partial charge on any atom is -0.461 e. The van der Waals surface area contributed by atoms with Crippen LogP contribution in [0, 0.1) is 5.41 Å². The molecule has 1 saturated heterocycles. The predicted octanol–water partition coefficient (Wildman–Crippen LogP) is 3.35. The molecule has 1 aliphatic heterocycles. The molecule has 0 unspecified atom stereocenters. The van der Waals surface area contributed by atoms with Gasteiger partial charge in [0.1, 0.15) is 6.10 Å². The lowest BCUT2D eigenvalue weighted by Gasteiger charge is -2.25. The third-order valence-electron chi connectivity index (χ3n) is 3.70. The van der Waals surface area contributed by atoms with Gasteiger partial charge in [-0.15, -0.1) is 0 Å². The monoisotopic (exact) mass is 314 g/mol. The summed E-state index contributed by atoms with van der Waals surface area (Å²) in [5.74, 6) is -0.0434. The highest BCUT2D eigenvalue weighted by molar-refractivity contribution is 9.09. The SMILES string of the molecule is O=C1O[C@H]2C[C@]1(Cc1cccc(Cl)c1)C[C@@H]2Br. The van der Waals surface area contributed by atoms with Crippen molar-refractivity contribution < 1.29 is 9.53 Å². The van der Waals surface area contributed by atoms with Crippen molar-refractivity contribution in [2.45, 2.75) is 30.2 Å². The number of hydrogen-bond donors (Lipinski definition) is 0. The van der Waals surface area contributed by atoms with Crippen LogP contribution >= 0.6 is 27.5 Å². The largest absolute Gasteiger partial charge is 0.461 e. The molecule has 1 heterocycles. The summed E-state index contributed by atoms with van der Waals surface area (Å²) in [6, 6.07) is 7.72. The number of benzene rings is 1. The molecule has 1 aliphatic carbocycles. The Morgan fingerprint density at radius 3 is 2.94 bits per heavy atom. The van der Waals surface area contributed by atoms with Gasteiger partial charge in [-0.25, -0.2) is 0 Å².